The summed E-state index contributed by atoms with van der Waals surface area (Å²) in [7, 11) is 2.93. The highest BCUT2D eigenvalue weighted by atomic mass is 19.3. The van der Waals surface area contributed by atoms with Crippen LogP contribution in [0.5, 0.6) is 17.2 Å². The highest BCUT2D eigenvalue weighted by Gasteiger charge is 2.13. The molecule has 0 heterocycles. The van der Waals surface area contributed by atoms with Gasteiger partial charge in [-0.1, -0.05) is 12.1 Å². The number of nitrogens with one attached hydrogen (secondary N) is 1. The van der Waals surface area contributed by atoms with Gasteiger partial charge in [0.05, 0.1) is 19.9 Å². The molecule has 0 fully saturated rings. The van der Waals surface area contributed by atoms with Gasteiger partial charge in [-0.15, -0.1) is 0 Å². The number of nitriles is 1. The molecular formula is C19H16F2N2O4. The number of halogens is 2. The van der Waals surface area contributed by atoms with Crippen LogP contribution in [0.15, 0.2) is 48.0 Å². The molecule has 2 aromatic rings. The van der Waals surface area contributed by atoms with Crippen molar-refractivity contribution in [2.24, 2.45) is 0 Å². The van der Waals surface area contributed by atoms with Crippen molar-refractivity contribution in [1.29, 1.82) is 5.26 Å². The quantitative estimate of drug-likeness (QED) is 0.588. The van der Waals surface area contributed by atoms with Crippen LogP contribution >= 0.6 is 0 Å². The van der Waals surface area contributed by atoms with Crippen LogP contribution in [0.3, 0.4) is 0 Å². The first kappa shape index (κ1) is 19.7. The summed E-state index contributed by atoms with van der Waals surface area (Å²) >= 11 is 0. The van der Waals surface area contributed by atoms with Crippen molar-refractivity contribution in [2.45, 2.75) is 6.61 Å². The molecule has 0 bridgehead atoms. The maximum Gasteiger partial charge on any atom is 0.387 e. The van der Waals surface area contributed by atoms with Gasteiger partial charge >= 0.3 is 6.61 Å². The highest BCUT2D eigenvalue weighted by Crippen LogP contribution is 2.29. The molecule has 140 valence electrons. The molecule has 0 saturated heterocycles. The fourth-order valence-corrected chi connectivity index (χ4v) is 2.16. The number of carbonyl (C=O) groups is 1. The average molecular weight is 374 g/mol. The van der Waals surface area contributed by atoms with Crippen LogP contribution in [0.4, 0.5) is 14.5 Å². The van der Waals surface area contributed by atoms with Crippen molar-refractivity contribution in [1.82, 2.24) is 0 Å². The summed E-state index contributed by atoms with van der Waals surface area (Å²) in [5.41, 5.74) is 0.631. The summed E-state index contributed by atoms with van der Waals surface area (Å²) < 4.78 is 38.9. The van der Waals surface area contributed by atoms with Crippen LogP contribution in [0, 0.1) is 11.3 Å². The number of ether oxygens (including phenoxy) is 3. The molecule has 0 aliphatic carbocycles. The van der Waals surface area contributed by atoms with Crippen molar-refractivity contribution in [3.05, 3.63) is 53.6 Å². The number of methoxy groups -OCH3 is 2. The molecule has 2 rings (SSSR count). The van der Waals surface area contributed by atoms with Gasteiger partial charge < -0.3 is 19.5 Å². The van der Waals surface area contributed by atoms with E-state index in [1.54, 1.807) is 18.2 Å². The molecule has 0 aromatic heterocycles. The van der Waals surface area contributed by atoms with Gasteiger partial charge in [0.1, 0.15) is 28.9 Å². The summed E-state index contributed by atoms with van der Waals surface area (Å²) in [5, 5.41) is 11.9. The molecule has 0 atom stereocenters. The highest BCUT2D eigenvalue weighted by molar-refractivity contribution is 6.10. The number of anilines is 1. The van der Waals surface area contributed by atoms with E-state index in [0.29, 0.717) is 22.7 Å². The van der Waals surface area contributed by atoms with Gasteiger partial charge in [-0.2, -0.15) is 14.0 Å². The van der Waals surface area contributed by atoms with Gasteiger partial charge in [0.15, 0.2) is 0 Å². The Labute approximate surface area is 154 Å². The van der Waals surface area contributed by atoms with E-state index in [1.165, 1.54) is 44.6 Å². The lowest BCUT2D eigenvalue weighted by molar-refractivity contribution is -0.112. The van der Waals surface area contributed by atoms with Crippen molar-refractivity contribution in [2.75, 3.05) is 19.5 Å². The van der Waals surface area contributed by atoms with E-state index in [4.69, 9.17) is 9.47 Å². The number of hydrogen-bond donors (Lipinski definition) is 1. The number of carbonyl (C=O) groups excluding carboxylic acids is 1. The Bertz CT molecular complexity index is 874. The molecule has 27 heavy (non-hydrogen) atoms. The summed E-state index contributed by atoms with van der Waals surface area (Å²) in [6.07, 6.45) is 1.33. The first-order chi connectivity index (χ1) is 13.0. The zero-order valence-corrected chi connectivity index (χ0v) is 14.5. The second-order valence-corrected chi connectivity index (χ2v) is 5.14. The molecule has 0 radical (unpaired) electrons. The lowest BCUT2D eigenvalue weighted by Crippen LogP contribution is -2.14. The first-order valence-corrected chi connectivity index (χ1v) is 7.67. The van der Waals surface area contributed by atoms with Crippen LogP contribution in [-0.4, -0.2) is 26.7 Å². The minimum Gasteiger partial charge on any atom is -0.497 e. The fraction of sp³-hybridized carbons (Fsp3) is 0.158. The molecule has 0 spiro atoms. The Balaban J connectivity index is 2.21. The lowest BCUT2D eigenvalue weighted by Gasteiger charge is -2.11. The largest absolute Gasteiger partial charge is 0.497 e. The number of nitrogens with zero attached hydrogens (tertiary/aromatic N) is 1. The maximum atomic E-state index is 12.4. The van der Waals surface area contributed by atoms with Gasteiger partial charge in [-0.3, -0.25) is 4.79 Å². The molecule has 0 aliphatic heterocycles. The predicted molar refractivity (Wildman–Crippen MR) is 94.8 cm³/mol. The Morgan fingerprint density at radius 1 is 1.11 bits per heavy atom. The number of alkyl halides is 2. The topological polar surface area (TPSA) is 80.6 Å². The first-order valence-electron chi connectivity index (χ1n) is 7.67. The average Bonchev–Trinajstić information content (AvgIpc) is 2.66. The second kappa shape index (κ2) is 9.20. The van der Waals surface area contributed by atoms with Gasteiger partial charge in [0, 0.05) is 6.07 Å². The Kier molecular flexibility index (Phi) is 6.72. The van der Waals surface area contributed by atoms with Crippen LogP contribution in [-0.2, 0) is 4.79 Å². The normalized spacial score (nSPS) is 10.9. The van der Waals surface area contributed by atoms with Gasteiger partial charge in [-0.25, -0.2) is 0 Å². The number of hydrogen-bond acceptors (Lipinski definition) is 5. The van der Waals surface area contributed by atoms with E-state index in [9.17, 15) is 18.8 Å². The summed E-state index contributed by atoms with van der Waals surface area (Å²) in [6, 6.07) is 12.2. The molecule has 1 N–H and O–H groups in total. The van der Waals surface area contributed by atoms with Crippen molar-refractivity contribution in [3.63, 3.8) is 0 Å². The standard InChI is InChI=1S/C19H16F2N2O4/c1-25-15-7-8-17(26-2)16(10-15)23-18(24)13(11-22)9-12-3-5-14(6-4-12)27-19(20)21/h3-10,19H,1-2H3,(H,23,24)/b13-9+. The van der Waals surface area contributed by atoms with E-state index >= 15 is 0 Å². The smallest absolute Gasteiger partial charge is 0.387 e. The molecule has 0 aliphatic rings. The van der Waals surface area contributed by atoms with E-state index in [0.717, 1.165) is 0 Å². The van der Waals surface area contributed by atoms with E-state index < -0.39 is 12.5 Å². The number of benzene rings is 2. The Morgan fingerprint density at radius 2 is 1.78 bits per heavy atom. The monoisotopic (exact) mass is 374 g/mol. The summed E-state index contributed by atoms with van der Waals surface area (Å²) in [4.78, 5) is 12.4. The second-order valence-electron chi connectivity index (χ2n) is 5.14. The predicted octanol–water partition coefficient (Wildman–Crippen LogP) is 3.85. The SMILES string of the molecule is COc1ccc(OC)c(NC(=O)/C(C#N)=C/c2ccc(OC(F)F)cc2)c1. The van der Waals surface area contributed by atoms with E-state index in [-0.39, 0.29) is 11.3 Å². The zero-order valence-electron chi connectivity index (χ0n) is 14.5. The van der Waals surface area contributed by atoms with Gasteiger partial charge in [0.25, 0.3) is 5.91 Å². The maximum absolute atomic E-state index is 12.4. The number of rotatable bonds is 7. The zero-order chi connectivity index (χ0) is 19.8. The van der Waals surface area contributed by atoms with Crippen molar-refractivity contribution in [3.8, 4) is 23.3 Å². The van der Waals surface area contributed by atoms with Crippen molar-refractivity contribution < 1.29 is 27.8 Å². The third-order valence-electron chi connectivity index (χ3n) is 3.44. The fourth-order valence-electron chi connectivity index (χ4n) is 2.16. The Hall–Kier alpha value is -3.60. The molecule has 2 aromatic carbocycles. The van der Waals surface area contributed by atoms with Crippen LogP contribution < -0.4 is 19.5 Å². The van der Waals surface area contributed by atoms with Gasteiger partial charge in [-0.05, 0) is 35.9 Å². The third-order valence-corrected chi connectivity index (χ3v) is 3.44. The molecule has 0 unspecified atom stereocenters. The summed E-state index contributed by atoms with van der Waals surface area (Å²) in [6.45, 7) is -2.93. The molecule has 0 saturated carbocycles. The minimum absolute atomic E-state index is 0.0220. The Morgan fingerprint density at radius 3 is 2.33 bits per heavy atom. The van der Waals surface area contributed by atoms with Crippen molar-refractivity contribution >= 4 is 17.7 Å². The van der Waals surface area contributed by atoms with Gasteiger partial charge in [0.2, 0.25) is 0 Å². The van der Waals surface area contributed by atoms with Crippen LogP contribution in [0.1, 0.15) is 5.56 Å². The van der Waals surface area contributed by atoms with Crippen LogP contribution in [0.2, 0.25) is 0 Å². The molecule has 1 amide bonds. The van der Waals surface area contributed by atoms with Crippen LogP contribution in [0.25, 0.3) is 6.08 Å². The van der Waals surface area contributed by atoms with E-state index in [1.807, 2.05) is 6.07 Å². The lowest BCUT2D eigenvalue weighted by atomic mass is 10.1. The third kappa shape index (κ3) is 5.44. The van der Waals surface area contributed by atoms with E-state index in [2.05, 4.69) is 10.1 Å². The number of amides is 1. The summed E-state index contributed by atoms with van der Waals surface area (Å²) in [5.74, 6) is 0.223. The molecule has 8 heteroatoms. The molecule has 6 nitrogen and oxygen atoms in total. The molecular weight excluding hydrogens is 358 g/mol. The minimum atomic E-state index is -2.93.